The molecule has 4 heteroatoms. The fourth-order valence-electron chi connectivity index (χ4n) is 2.88. The first-order valence-electron chi connectivity index (χ1n) is 7.03. The number of piperidine rings is 2. The summed E-state index contributed by atoms with van der Waals surface area (Å²) < 4.78 is 0. The van der Waals surface area contributed by atoms with Crippen LogP contribution in [0.15, 0.2) is 0 Å². The third-order valence-corrected chi connectivity index (χ3v) is 4.31. The zero-order valence-electron chi connectivity index (χ0n) is 11.0. The van der Waals surface area contributed by atoms with Crippen LogP contribution in [-0.2, 0) is 0 Å². The van der Waals surface area contributed by atoms with E-state index in [-0.39, 0.29) is 6.10 Å². The van der Waals surface area contributed by atoms with Crippen LogP contribution >= 0.6 is 0 Å². The number of aliphatic hydroxyl groups is 1. The number of hydrogen-bond acceptors (Lipinski definition) is 4. The Kier molecular flexibility index (Phi) is 4.79. The first-order valence-corrected chi connectivity index (χ1v) is 7.03. The molecule has 0 aromatic heterocycles. The molecule has 2 aliphatic rings. The van der Waals surface area contributed by atoms with Gasteiger partial charge in [-0.2, -0.15) is 0 Å². The zero-order chi connectivity index (χ0) is 12.3. The second-order valence-corrected chi connectivity index (χ2v) is 5.81. The lowest BCUT2D eigenvalue weighted by molar-refractivity contribution is 0.0304. The van der Waals surface area contributed by atoms with Crippen molar-refractivity contribution in [2.45, 2.75) is 38.3 Å². The average Bonchev–Trinajstić information content (AvgIpc) is 2.33. The third kappa shape index (κ3) is 3.91. The molecule has 2 rings (SSSR count). The molecular formula is C13H27N3O. The number of rotatable bonds is 3. The van der Waals surface area contributed by atoms with Gasteiger partial charge in [-0.15, -0.1) is 0 Å². The molecule has 0 radical (unpaired) electrons. The van der Waals surface area contributed by atoms with Gasteiger partial charge in [0.25, 0.3) is 0 Å². The van der Waals surface area contributed by atoms with E-state index in [0.717, 1.165) is 58.5 Å². The van der Waals surface area contributed by atoms with Crippen LogP contribution in [-0.4, -0.2) is 66.3 Å². The first kappa shape index (κ1) is 13.3. The van der Waals surface area contributed by atoms with Gasteiger partial charge in [0, 0.05) is 32.2 Å². The van der Waals surface area contributed by atoms with Gasteiger partial charge in [0.1, 0.15) is 0 Å². The summed E-state index contributed by atoms with van der Waals surface area (Å²) in [6.07, 6.45) is 3.15. The van der Waals surface area contributed by atoms with Crippen molar-refractivity contribution in [3.8, 4) is 0 Å². The minimum absolute atomic E-state index is 0.0840. The Hall–Kier alpha value is -0.160. The van der Waals surface area contributed by atoms with Gasteiger partial charge < -0.3 is 20.6 Å². The standard InChI is InChI=1S/C13H27N3O/c1-11-10-16(7-4-13(11)17)9-8-15-5-2-12(14)3-6-15/h11-13,17H,2-10,14H2,1H3/t11?,13-/m0/s1. The fraction of sp³-hybridized carbons (Fsp3) is 1.00. The molecule has 1 unspecified atom stereocenters. The molecule has 0 spiro atoms. The summed E-state index contributed by atoms with van der Waals surface area (Å²) in [4.78, 5) is 5.02. The maximum absolute atomic E-state index is 9.69. The highest BCUT2D eigenvalue weighted by molar-refractivity contribution is 4.79. The van der Waals surface area contributed by atoms with Crippen molar-refractivity contribution >= 4 is 0 Å². The Morgan fingerprint density at radius 3 is 2.29 bits per heavy atom. The van der Waals surface area contributed by atoms with Gasteiger partial charge in [0.15, 0.2) is 0 Å². The number of nitrogens with zero attached hydrogens (tertiary/aromatic N) is 2. The molecule has 3 N–H and O–H groups in total. The van der Waals surface area contributed by atoms with E-state index in [9.17, 15) is 5.11 Å². The van der Waals surface area contributed by atoms with E-state index < -0.39 is 0 Å². The molecule has 4 nitrogen and oxygen atoms in total. The summed E-state index contributed by atoms with van der Waals surface area (Å²) in [5, 5.41) is 9.69. The second-order valence-electron chi connectivity index (χ2n) is 5.81. The highest BCUT2D eigenvalue weighted by Crippen LogP contribution is 2.16. The fourth-order valence-corrected chi connectivity index (χ4v) is 2.88. The van der Waals surface area contributed by atoms with Crippen molar-refractivity contribution < 1.29 is 5.11 Å². The maximum atomic E-state index is 9.69. The van der Waals surface area contributed by atoms with E-state index in [0.29, 0.717) is 12.0 Å². The number of hydrogen-bond donors (Lipinski definition) is 2. The van der Waals surface area contributed by atoms with E-state index >= 15 is 0 Å². The SMILES string of the molecule is CC1CN(CCN2CCC(N)CC2)CC[C@@H]1O. The van der Waals surface area contributed by atoms with Gasteiger partial charge in [-0.05, 0) is 38.3 Å². The molecule has 0 aromatic rings. The van der Waals surface area contributed by atoms with E-state index in [4.69, 9.17) is 5.73 Å². The predicted molar refractivity (Wildman–Crippen MR) is 69.9 cm³/mol. The van der Waals surface area contributed by atoms with Crippen LogP contribution in [0.2, 0.25) is 0 Å². The first-order chi connectivity index (χ1) is 8.15. The molecule has 2 heterocycles. The number of aliphatic hydroxyl groups excluding tert-OH is 1. The van der Waals surface area contributed by atoms with E-state index in [1.165, 1.54) is 0 Å². The van der Waals surface area contributed by atoms with Crippen molar-refractivity contribution in [1.29, 1.82) is 0 Å². The smallest absolute Gasteiger partial charge is 0.0590 e. The minimum Gasteiger partial charge on any atom is -0.393 e. The molecule has 0 saturated carbocycles. The van der Waals surface area contributed by atoms with Crippen molar-refractivity contribution in [2.24, 2.45) is 11.7 Å². The van der Waals surface area contributed by atoms with Crippen LogP contribution in [0.5, 0.6) is 0 Å². The molecular weight excluding hydrogens is 214 g/mol. The van der Waals surface area contributed by atoms with Crippen molar-refractivity contribution in [1.82, 2.24) is 9.80 Å². The van der Waals surface area contributed by atoms with Gasteiger partial charge in [0.05, 0.1) is 6.10 Å². The molecule has 2 saturated heterocycles. The summed E-state index contributed by atoms with van der Waals surface area (Å²) in [6, 6.07) is 0.427. The van der Waals surface area contributed by atoms with Crippen LogP contribution < -0.4 is 5.73 Å². The zero-order valence-corrected chi connectivity index (χ0v) is 11.0. The van der Waals surface area contributed by atoms with Crippen LogP contribution in [0.4, 0.5) is 0 Å². The average molecular weight is 241 g/mol. The Labute approximate surface area is 105 Å². The van der Waals surface area contributed by atoms with Crippen molar-refractivity contribution in [3.63, 3.8) is 0 Å². The van der Waals surface area contributed by atoms with Crippen LogP contribution in [0, 0.1) is 5.92 Å². The molecule has 0 amide bonds. The Morgan fingerprint density at radius 1 is 1.06 bits per heavy atom. The maximum Gasteiger partial charge on any atom is 0.0590 e. The molecule has 0 aliphatic carbocycles. The molecule has 17 heavy (non-hydrogen) atoms. The lowest BCUT2D eigenvalue weighted by Gasteiger charge is -2.36. The second kappa shape index (κ2) is 6.14. The van der Waals surface area contributed by atoms with E-state index in [1.54, 1.807) is 0 Å². The summed E-state index contributed by atoms with van der Waals surface area (Å²) in [6.45, 7) is 8.88. The number of nitrogens with two attached hydrogens (primary N) is 1. The third-order valence-electron chi connectivity index (χ3n) is 4.31. The molecule has 100 valence electrons. The lowest BCUT2D eigenvalue weighted by Crippen LogP contribution is -2.47. The lowest BCUT2D eigenvalue weighted by atomic mass is 9.97. The molecule has 2 fully saturated rings. The quantitative estimate of drug-likeness (QED) is 0.736. The molecule has 2 atom stereocenters. The monoisotopic (exact) mass is 241 g/mol. The Balaban J connectivity index is 1.65. The highest BCUT2D eigenvalue weighted by Gasteiger charge is 2.24. The number of likely N-dealkylation sites (tertiary alicyclic amines) is 2. The highest BCUT2D eigenvalue weighted by atomic mass is 16.3. The van der Waals surface area contributed by atoms with Crippen LogP contribution in [0.25, 0.3) is 0 Å². The van der Waals surface area contributed by atoms with Gasteiger partial charge in [-0.3, -0.25) is 0 Å². The van der Waals surface area contributed by atoms with Gasteiger partial charge in [-0.25, -0.2) is 0 Å². The van der Waals surface area contributed by atoms with Crippen LogP contribution in [0.3, 0.4) is 0 Å². The minimum atomic E-state index is -0.0840. The van der Waals surface area contributed by atoms with Gasteiger partial charge in [0.2, 0.25) is 0 Å². The molecule has 2 aliphatic heterocycles. The van der Waals surface area contributed by atoms with Crippen LogP contribution in [0.1, 0.15) is 26.2 Å². The predicted octanol–water partition coefficient (Wildman–Crippen LogP) is 0.112. The summed E-state index contributed by atoms with van der Waals surface area (Å²) in [5.74, 6) is 0.429. The summed E-state index contributed by atoms with van der Waals surface area (Å²) in [5.41, 5.74) is 5.90. The van der Waals surface area contributed by atoms with Crippen molar-refractivity contribution in [3.05, 3.63) is 0 Å². The van der Waals surface area contributed by atoms with E-state index in [2.05, 4.69) is 16.7 Å². The Morgan fingerprint density at radius 2 is 1.65 bits per heavy atom. The van der Waals surface area contributed by atoms with Gasteiger partial charge in [-0.1, -0.05) is 6.92 Å². The van der Waals surface area contributed by atoms with Gasteiger partial charge >= 0.3 is 0 Å². The normalized spacial score (nSPS) is 34.1. The molecule has 0 aromatic carbocycles. The molecule has 0 bridgehead atoms. The summed E-state index contributed by atoms with van der Waals surface area (Å²) in [7, 11) is 0. The van der Waals surface area contributed by atoms with Crippen molar-refractivity contribution in [2.75, 3.05) is 39.3 Å². The topological polar surface area (TPSA) is 52.7 Å². The summed E-state index contributed by atoms with van der Waals surface area (Å²) >= 11 is 0. The largest absolute Gasteiger partial charge is 0.393 e. The Bertz CT molecular complexity index is 229. The van der Waals surface area contributed by atoms with E-state index in [1.807, 2.05) is 0 Å².